The Morgan fingerprint density at radius 2 is 2.03 bits per heavy atom. The zero-order valence-corrected chi connectivity index (χ0v) is 17.3. The van der Waals surface area contributed by atoms with Gasteiger partial charge in [-0.15, -0.1) is 0 Å². The van der Waals surface area contributed by atoms with Crippen LogP contribution in [0.1, 0.15) is 42.9 Å². The number of anilines is 1. The summed E-state index contributed by atoms with van der Waals surface area (Å²) in [6.07, 6.45) is 6.84. The second-order valence-corrected chi connectivity index (χ2v) is 8.64. The summed E-state index contributed by atoms with van der Waals surface area (Å²) in [6, 6.07) is 8.99. The summed E-state index contributed by atoms with van der Waals surface area (Å²) in [5.41, 5.74) is 1.23. The zero-order chi connectivity index (χ0) is 21.9. The lowest BCUT2D eigenvalue weighted by Crippen LogP contribution is -2.50. The van der Waals surface area contributed by atoms with Crippen molar-refractivity contribution in [2.75, 3.05) is 18.0 Å². The second kappa shape index (κ2) is 7.00. The summed E-state index contributed by atoms with van der Waals surface area (Å²) >= 11 is 0. The smallest absolute Gasteiger partial charge is 0.257 e. The van der Waals surface area contributed by atoms with Crippen molar-refractivity contribution in [1.29, 1.82) is 5.26 Å². The van der Waals surface area contributed by atoms with Crippen molar-refractivity contribution in [2.24, 2.45) is 0 Å². The van der Waals surface area contributed by atoms with Crippen molar-refractivity contribution in [3.63, 3.8) is 0 Å². The molecule has 3 aliphatic heterocycles. The third kappa shape index (κ3) is 2.72. The Bertz CT molecular complexity index is 1260. The van der Waals surface area contributed by atoms with Crippen LogP contribution < -0.4 is 4.90 Å². The van der Waals surface area contributed by atoms with Gasteiger partial charge in [-0.2, -0.15) is 10.4 Å². The fourth-order valence-corrected chi connectivity index (χ4v) is 5.42. The standard InChI is InChI=1S/C23H21FN6O2/c24-17-11-16(13-26-14-17)18-2-4-21-29(18)22(31)23(32-21)6-9-28(10-7-23)20-3-1-15(12-25)19-5-8-27-30(19)20/h1,3,5,8,11,13-14,18,21H,2,4,6-7,9-10H2/t18-,21+/m0/s1. The minimum Gasteiger partial charge on any atom is -0.356 e. The van der Waals surface area contributed by atoms with Gasteiger partial charge in [-0.1, -0.05) is 0 Å². The van der Waals surface area contributed by atoms with E-state index in [1.807, 2.05) is 18.2 Å². The van der Waals surface area contributed by atoms with Crippen molar-refractivity contribution in [1.82, 2.24) is 19.5 Å². The van der Waals surface area contributed by atoms with Crippen molar-refractivity contribution in [3.05, 3.63) is 59.8 Å². The van der Waals surface area contributed by atoms with Gasteiger partial charge in [0.05, 0.1) is 29.5 Å². The molecule has 32 heavy (non-hydrogen) atoms. The minimum atomic E-state index is -0.837. The highest BCUT2D eigenvalue weighted by molar-refractivity contribution is 5.88. The average Bonchev–Trinajstić information content (AvgIpc) is 3.51. The van der Waals surface area contributed by atoms with Gasteiger partial charge in [-0.05, 0) is 42.7 Å². The molecule has 6 rings (SSSR count). The molecule has 0 bridgehead atoms. The van der Waals surface area contributed by atoms with Gasteiger partial charge in [0.1, 0.15) is 23.9 Å². The quantitative estimate of drug-likeness (QED) is 0.619. The number of hydrogen-bond donors (Lipinski definition) is 0. The zero-order valence-electron chi connectivity index (χ0n) is 17.3. The van der Waals surface area contributed by atoms with Crippen LogP contribution >= 0.6 is 0 Å². The van der Waals surface area contributed by atoms with E-state index >= 15 is 0 Å². The van der Waals surface area contributed by atoms with Crippen LogP contribution in [-0.4, -0.2) is 50.3 Å². The van der Waals surface area contributed by atoms with Crippen molar-refractivity contribution < 1.29 is 13.9 Å². The van der Waals surface area contributed by atoms with Gasteiger partial charge in [0, 0.05) is 32.1 Å². The van der Waals surface area contributed by atoms with Crippen LogP contribution in [-0.2, 0) is 9.53 Å². The van der Waals surface area contributed by atoms with Gasteiger partial charge in [0.25, 0.3) is 5.91 Å². The molecule has 0 aromatic carbocycles. The minimum absolute atomic E-state index is 0.00187. The Hall–Kier alpha value is -3.51. The number of aromatic nitrogens is 3. The third-order valence-electron chi connectivity index (χ3n) is 6.98. The second-order valence-electron chi connectivity index (χ2n) is 8.64. The van der Waals surface area contributed by atoms with Gasteiger partial charge in [-0.25, -0.2) is 8.91 Å². The first-order valence-electron chi connectivity index (χ1n) is 10.8. The first kappa shape index (κ1) is 19.2. The summed E-state index contributed by atoms with van der Waals surface area (Å²) in [6.45, 7) is 1.28. The van der Waals surface area contributed by atoms with E-state index in [-0.39, 0.29) is 18.2 Å². The Morgan fingerprint density at radius 3 is 2.81 bits per heavy atom. The molecule has 0 unspecified atom stereocenters. The molecule has 3 aromatic rings. The Morgan fingerprint density at radius 1 is 1.19 bits per heavy atom. The molecule has 3 fully saturated rings. The maximum absolute atomic E-state index is 13.7. The Labute approximate surface area is 183 Å². The Kier molecular flexibility index (Phi) is 4.20. The number of halogens is 1. The molecular weight excluding hydrogens is 411 g/mol. The molecule has 3 aromatic heterocycles. The fourth-order valence-electron chi connectivity index (χ4n) is 5.42. The molecule has 8 nitrogen and oxygen atoms in total. The predicted molar refractivity (Wildman–Crippen MR) is 112 cm³/mol. The summed E-state index contributed by atoms with van der Waals surface area (Å²) in [5.74, 6) is 0.500. The maximum atomic E-state index is 13.7. The lowest BCUT2D eigenvalue weighted by molar-refractivity contribution is -0.140. The van der Waals surface area contributed by atoms with E-state index < -0.39 is 11.4 Å². The topological polar surface area (TPSA) is 86.8 Å². The van der Waals surface area contributed by atoms with E-state index in [1.54, 1.807) is 21.8 Å². The van der Waals surface area contributed by atoms with E-state index in [0.717, 1.165) is 29.7 Å². The van der Waals surface area contributed by atoms with Crippen LogP contribution in [0.3, 0.4) is 0 Å². The number of amides is 1. The van der Waals surface area contributed by atoms with Crippen LogP contribution in [0.2, 0.25) is 0 Å². The predicted octanol–water partition coefficient (Wildman–Crippen LogP) is 2.80. The van der Waals surface area contributed by atoms with E-state index in [2.05, 4.69) is 21.1 Å². The SMILES string of the molecule is N#Cc1ccc(N2CCC3(CC2)O[C@@H]2CC[C@@H](c4cncc(F)c4)N2C3=O)n2nccc12. The number of pyridine rings is 2. The number of carbonyl (C=O) groups is 1. The molecule has 1 amide bonds. The Balaban J connectivity index is 1.23. The van der Waals surface area contributed by atoms with Crippen LogP contribution in [0.15, 0.2) is 42.9 Å². The number of rotatable bonds is 2. The van der Waals surface area contributed by atoms with Crippen molar-refractivity contribution in [2.45, 2.75) is 43.6 Å². The van der Waals surface area contributed by atoms with Gasteiger partial charge in [0.2, 0.25) is 0 Å². The van der Waals surface area contributed by atoms with Gasteiger partial charge < -0.3 is 14.5 Å². The van der Waals surface area contributed by atoms with Crippen molar-refractivity contribution >= 4 is 17.2 Å². The normalized spacial score (nSPS) is 24.3. The highest BCUT2D eigenvalue weighted by Gasteiger charge is 2.58. The van der Waals surface area contributed by atoms with E-state index in [9.17, 15) is 14.4 Å². The first-order chi connectivity index (χ1) is 15.6. The van der Waals surface area contributed by atoms with Gasteiger partial charge >= 0.3 is 0 Å². The third-order valence-corrected chi connectivity index (χ3v) is 6.98. The summed E-state index contributed by atoms with van der Waals surface area (Å²) in [5, 5.41) is 13.7. The average molecular weight is 432 g/mol. The van der Waals surface area contributed by atoms with Crippen molar-refractivity contribution in [3.8, 4) is 6.07 Å². The van der Waals surface area contributed by atoms with Crippen LogP contribution in [0.25, 0.3) is 5.52 Å². The molecule has 3 aliphatic rings. The molecule has 0 saturated carbocycles. The number of ether oxygens (including phenoxy) is 1. The molecule has 2 atom stereocenters. The number of nitriles is 1. The summed E-state index contributed by atoms with van der Waals surface area (Å²) in [4.78, 5) is 21.5. The summed E-state index contributed by atoms with van der Waals surface area (Å²) < 4.78 is 21.9. The largest absolute Gasteiger partial charge is 0.356 e. The molecule has 0 N–H and O–H groups in total. The van der Waals surface area contributed by atoms with E-state index in [4.69, 9.17) is 4.74 Å². The van der Waals surface area contributed by atoms with Gasteiger partial charge in [-0.3, -0.25) is 9.78 Å². The van der Waals surface area contributed by atoms with Gasteiger partial charge in [0.15, 0.2) is 5.60 Å². The molecule has 162 valence electrons. The van der Waals surface area contributed by atoms with Crippen LogP contribution in [0.4, 0.5) is 10.2 Å². The monoisotopic (exact) mass is 432 g/mol. The summed E-state index contributed by atoms with van der Waals surface area (Å²) in [7, 11) is 0. The molecule has 9 heteroatoms. The lowest BCUT2D eigenvalue weighted by atomic mass is 9.89. The van der Waals surface area contributed by atoms with E-state index in [0.29, 0.717) is 31.5 Å². The van der Waals surface area contributed by atoms with E-state index in [1.165, 1.54) is 12.3 Å². The lowest BCUT2D eigenvalue weighted by Gasteiger charge is -2.38. The van der Waals surface area contributed by atoms with Crippen LogP contribution in [0.5, 0.6) is 0 Å². The molecule has 0 aliphatic carbocycles. The molecule has 1 spiro atoms. The molecular formula is C23H21FN6O2. The highest BCUT2D eigenvalue weighted by Crippen LogP contribution is 2.47. The number of nitrogens with zero attached hydrogens (tertiary/aromatic N) is 6. The number of fused-ring (bicyclic) bond motifs is 2. The maximum Gasteiger partial charge on any atom is 0.257 e. The molecule has 3 saturated heterocycles. The first-order valence-corrected chi connectivity index (χ1v) is 10.8. The number of carbonyl (C=O) groups excluding carboxylic acids is 1. The number of piperidine rings is 1. The fraction of sp³-hybridized carbons (Fsp3) is 0.391. The van der Waals surface area contributed by atoms with Crippen LogP contribution in [0, 0.1) is 17.1 Å². The molecule has 0 radical (unpaired) electrons. The number of hydrogen-bond acceptors (Lipinski definition) is 6. The highest BCUT2D eigenvalue weighted by atomic mass is 19.1. The molecule has 6 heterocycles.